The van der Waals surface area contributed by atoms with Crippen molar-refractivity contribution in [2.24, 2.45) is 11.8 Å². The van der Waals surface area contributed by atoms with Crippen molar-refractivity contribution >= 4 is 5.69 Å². The Morgan fingerprint density at radius 1 is 1.24 bits per heavy atom. The van der Waals surface area contributed by atoms with Crippen molar-refractivity contribution in [2.75, 3.05) is 18.0 Å². The third-order valence-corrected chi connectivity index (χ3v) is 4.06. The zero-order chi connectivity index (χ0) is 12.4. The minimum Gasteiger partial charge on any atom is -0.370 e. The summed E-state index contributed by atoms with van der Waals surface area (Å²) in [6, 6.07) is 4.40. The predicted octanol–water partition coefficient (Wildman–Crippen LogP) is 3.69. The zero-order valence-electron chi connectivity index (χ0n) is 11.5. The first-order chi connectivity index (χ1) is 8.08. The molecule has 0 radical (unpaired) electrons. The summed E-state index contributed by atoms with van der Waals surface area (Å²) in [5.74, 6) is 2.16. The fourth-order valence-corrected chi connectivity index (χ4v) is 2.42. The van der Waals surface area contributed by atoms with E-state index in [0.29, 0.717) is 5.92 Å². The largest absolute Gasteiger partial charge is 0.370 e. The summed E-state index contributed by atoms with van der Waals surface area (Å²) in [6.07, 6.45) is 3.34. The molecule has 0 bridgehead atoms. The molecule has 1 aliphatic rings. The molecule has 94 valence electrons. The van der Waals surface area contributed by atoms with Crippen LogP contribution in [0.25, 0.3) is 0 Å². The lowest BCUT2D eigenvalue weighted by atomic mass is 9.88. The lowest BCUT2D eigenvalue weighted by Gasteiger charge is -2.36. The van der Waals surface area contributed by atoms with E-state index in [1.165, 1.54) is 30.9 Å². The Balaban J connectivity index is 2.07. The van der Waals surface area contributed by atoms with Crippen LogP contribution in [0.4, 0.5) is 5.69 Å². The molecule has 0 aliphatic carbocycles. The summed E-state index contributed by atoms with van der Waals surface area (Å²) in [7, 11) is 0. The van der Waals surface area contributed by atoms with Gasteiger partial charge in [-0.15, -0.1) is 0 Å². The highest BCUT2D eigenvalue weighted by molar-refractivity contribution is 5.45. The van der Waals surface area contributed by atoms with Gasteiger partial charge in [-0.2, -0.15) is 0 Å². The van der Waals surface area contributed by atoms with Crippen molar-refractivity contribution in [3.8, 4) is 0 Å². The fraction of sp³-hybridized carbons (Fsp3) is 0.667. The van der Waals surface area contributed by atoms with E-state index in [1.54, 1.807) is 0 Å². The summed E-state index contributed by atoms with van der Waals surface area (Å²) in [5.41, 5.74) is 2.47. The van der Waals surface area contributed by atoms with Gasteiger partial charge in [-0.25, -0.2) is 0 Å². The molecule has 2 heterocycles. The van der Waals surface area contributed by atoms with Crippen LogP contribution in [0.5, 0.6) is 0 Å². The molecule has 1 aliphatic heterocycles. The van der Waals surface area contributed by atoms with Crippen LogP contribution in [-0.2, 0) is 0 Å². The summed E-state index contributed by atoms with van der Waals surface area (Å²) in [6.45, 7) is 11.4. The standard InChI is InChI=1S/C15H24N2/c1-11(2)15-6-5-14(9-16-15)17-8-7-12(3)13(4)10-17/h5-6,9,11-13H,7-8,10H2,1-4H3/t12-,13+/m0/s1. The smallest absolute Gasteiger partial charge is 0.0553 e. The molecular formula is C15H24N2. The molecule has 0 unspecified atom stereocenters. The van der Waals surface area contributed by atoms with Crippen LogP contribution in [0.2, 0.25) is 0 Å². The third-order valence-electron chi connectivity index (χ3n) is 4.06. The highest BCUT2D eigenvalue weighted by Gasteiger charge is 2.22. The van der Waals surface area contributed by atoms with Crippen LogP contribution in [0.3, 0.4) is 0 Å². The van der Waals surface area contributed by atoms with Gasteiger partial charge in [0.25, 0.3) is 0 Å². The maximum atomic E-state index is 4.56. The number of pyridine rings is 1. The molecule has 2 rings (SSSR count). The molecule has 2 nitrogen and oxygen atoms in total. The minimum absolute atomic E-state index is 0.518. The van der Waals surface area contributed by atoms with Gasteiger partial charge in [-0.3, -0.25) is 4.98 Å². The van der Waals surface area contributed by atoms with Gasteiger partial charge < -0.3 is 4.90 Å². The lowest BCUT2D eigenvalue weighted by Crippen LogP contribution is -2.38. The van der Waals surface area contributed by atoms with Crippen LogP contribution in [0.15, 0.2) is 18.3 Å². The summed E-state index contributed by atoms with van der Waals surface area (Å²) in [4.78, 5) is 7.03. The predicted molar refractivity (Wildman–Crippen MR) is 73.5 cm³/mol. The maximum Gasteiger partial charge on any atom is 0.0553 e. The van der Waals surface area contributed by atoms with E-state index < -0.39 is 0 Å². The van der Waals surface area contributed by atoms with Crippen LogP contribution >= 0.6 is 0 Å². The molecule has 0 amide bonds. The monoisotopic (exact) mass is 232 g/mol. The normalized spacial score (nSPS) is 25.4. The fourth-order valence-electron chi connectivity index (χ4n) is 2.42. The van der Waals surface area contributed by atoms with E-state index in [4.69, 9.17) is 0 Å². The SMILES string of the molecule is CC(C)c1ccc(N2CC[C@H](C)[C@H](C)C2)cn1. The minimum atomic E-state index is 0.518. The molecule has 0 N–H and O–H groups in total. The number of hydrogen-bond acceptors (Lipinski definition) is 2. The van der Waals surface area contributed by atoms with Crippen LogP contribution in [0.1, 0.15) is 45.7 Å². The highest BCUT2D eigenvalue weighted by Crippen LogP contribution is 2.27. The van der Waals surface area contributed by atoms with E-state index in [-0.39, 0.29) is 0 Å². The highest BCUT2D eigenvalue weighted by atomic mass is 15.1. The second-order valence-corrected chi connectivity index (χ2v) is 5.79. The number of hydrogen-bond donors (Lipinski definition) is 0. The van der Waals surface area contributed by atoms with Crippen LogP contribution in [0, 0.1) is 11.8 Å². The molecule has 0 aromatic carbocycles. The molecule has 1 aromatic rings. The number of aromatic nitrogens is 1. The first-order valence-corrected chi connectivity index (χ1v) is 6.79. The van der Waals surface area contributed by atoms with Gasteiger partial charge in [-0.1, -0.05) is 27.7 Å². The molecule has 1 saturated heterocycles. The molecule has 1 aromatic heterocycles. The molecule has 2 atom stereocenters. The van der Waals surface area contributed by atoms with Gasteiger partial charge in [0.1, 0.15) is 0 Å². The van der Waals surface area contributed by atoms with E-state index in [2.05, 4.69) is 49.7 Å². The second-order valence-electron chi connectivity index (χ2n) is 5.79. The third kappa shape index (κ3) is 2.80. The van der Waals surface area contributed by atoms with Gasteiger partial charge in [-0.05, 0) is 36.3 Å². The van der Waals surface area contributed by atoms with Gasteiger partial charge in [0.15, 0.2) is 0 Å². The topological polar surface area (TPSA) is 16.1 Å². The number of nitrogens with zero attached hydrogens (tertiary/aromatic N) is 2. The summed E-state index contributed by atoms with van der Waals surface area (Å²) in [5, 5.41) is 0. The lowest BCUT2D eigenvalue weighted by molar-refractivity contribution is 0.324. The van der Waals surface area contributed by atoms with Gasteiger partial charge in [0.05, 0.1) is 11.9 Å². The Morgan fingerprint density at radius 3 is 2.53 bits per heavy atom. The van der Waals surface area contributed by atoms with E-state index in [0.717, 1.165) is 11.8 Å². The van der Waals surface area contributed by atoms with Crippen molar-refractivity contribution < 1.29 is 0 Å². The average molecular weight is 232 g/mol. The Kier molecular flexibility index (Phi) is 3.70. The van der Waals surface area contributed by atoms with Crippen molar-refractivity contribution in [1.82, 2.24) is 4.98 Å². The summed E-state index contributed by atoms with van der Waals surface area (Å²) < 4.78 is 0. The number of rotatable bonds is 2. The quantitative estimate of drug-likeness (QED) is 0.773. The molecule has 1 fully saturated rings. The van der Waals surface area contributed by atoms with Crippen molar-refractivity contribution in [2.45, 2.75) is 40.0 Å². The second kappa shape index (κ2) is 5.07. The molecule has 17 heavy (non-hydrogen) atoms. The first-order valence-electron chi connectivity index (χ1n) is 6.79. The summed E-state index contributed by atoms with van der Waals surface area (Å²) >= 11 is 0. The van der Waals surface area contributed by atoms with Crippen LogP contribution < -0.4 is 4.90 Å². The van der Waals surface area contributed by atoms with Crippen LogP contribution in [-0.4, -0.2) is 18.1 Å². The molecular weight excluding hydrogens is 208 g/mol. The van der Waals surface area contributed by atoms with Crippen molar-refractivity contribution in [3.63, 3.8) is 0 Å². The van der Waals surface area contributed by atoms with Gasteiger partial charge in [0, 0.05) is 18.8 Å². The number of anilines is 1. The van der Waals surface area contributed by atoms with Gasteiger partial charge >= 0.3 is 0 Å². The maximum absolute atomic E-state index is 4.56. The van der Waals surface area contributed by atoms with E-state index in [9.17, 15) is 0 Å². The Morgan fingerprint density at radius 2 is 2.00 bits per heavy atom. The number of piperidine rings is 1. The van der Waals surface area contributed by atoms with E-state index >= 15 is 0 Å². The molecule has 0 spiro atoms. The Labute approximate surface area is 105 Å². The van der Waals surface area contributed by atoms with Gasteiger partial charge in [0.2, 0.25) is 0 Å². The molecule has 2 heteroatoms. The van der Waals surface area contributed by atoms with Crippen molar-refractivity contribution in [3.05, 3.63) is 24.0 Å². The van der Waals surface area contributed by atoms with Crippen molar-refractivity contribution in [1.29, 1.82) is 0 Å². The Hall–Kier alpha value is -1.05. The first kappa shape index (κ1) is 12.4. The molecule has 0 saturated carbocycles. The Bertz CT molecular complexity index is 356. The zero-order valence-corrected chi connectivity index (χ0v) is 11.5. The average Bonchev–Trinajstić information content (AvgIpc) is 2.33. The van der Waals surface area contributed by atoms with E-state index in [1.807, 2.05) is 6.20 Å².